The Morgan fingerprint density at radius 3 is 1.88 bits per heavy atom. The van der Waals surface area contributed by atoms with Crippen molar-refractivity contribution in [2.24, 2.45) is 0 Å². The number of fused-ring (bicyclic) bond motifs is 18. The number of pyridine rings is 2. The van der Waals surface area contributed by atoms with Gasteiger partial charge in [-0.05, 0) is 70.1 Å². The molecule has 49 heavy (non-hydrogen) atoms. The summed E-state index contributed by atoms with van der Waals surface area (Å²) in [5, 5.41) is 16.5. The van der Waals surface area contributed by atoms with Crippen molar-refractivity contribution < 1.29 is 5.11 Å². The van der Waals surface area contributed by atoms with Crippen LogP contribution >= 0.6 is 0 Å². The molecule has 5 heteroatoms. The minimum Gasteiger partial charge on any atom is -0.507 e. The summed E-state index contributed by atoms with van der Waals surface area (Å²) >= 11 is 0. The zero-order valence-corrected chi connectivity index (χ0v) is 26.2. The van der Waals surface area contributed by atoms with Gasteiger partial charge >= 0.3 is 0 Å². The van der Waals surface area contributed by atoms with Crippen LogP contribution in [0.5, 0.6) is 5.75 Å². The molecule has 0 atom stereocenters. The maximum atomic E-state index is 11.4. The van der Waals surface area contributed by atoms with E-state index in [1.807, 2.05) is 18.3 Å². The topological polar surface area (TPSA) is 55.4 Å². The maximum Gasteiger partial charge on any atom is 0.150 e. The Morgan fingerprint density at radius 2 is 1.08 bits per heavy atom. The molecule has 5 nitrogen and oxygen atoms in total. The normalized spacial score (nSPS) is 12.2. The van der Waals surface area contributed by atoms with Crippen LogP contribution < -0.4 is 0 Å². The minimum absolute atomic E-state index is 0.216. The van der Waals surface area contributed by atoms with Crippen molar-refractivity contribution >= 4 is 49.3 Å². The van der Waals surface area contributed by atoms with E-state index in [1.54, 1.807) is 6.07 Å². The zero-order chi connectivity index (χ0) is 32.2. The molecule has 10 aromatic rings. The van der Waals surface area contributed by atoms with Gasteiger partial charge in [0.25, 0.3) is 0 Å². The molecule has 0 bridgehead atoms. The van der Waals surface area contributed by atoms with Gasteiger partial charge in [-0.15, -0.1) is 0 Å². The van der Waals surface area contributed by atoms with E-state index in [9.17, 15) is 5.11 Å². The van der Waals surface area contributed by atoms with Crippen LogP contribution in [0.3, 0.4) is 0 Å². The van der Waals surface area contributed by atoms with Crippen LogP contribution in [0.25, 0.3) is 99.7 Å². The lowest BCUT2D eigenvalue weighted by molar-refractivity contribution is 0.482. The Kier molecular flexibility index (Phi) is 5.19. The van der Waals surface area contributed by atoms with Gasteiger partial charge in [0.1, 0.15) is 17.0 Å². The van der Waals surface area contributed by atoms with Crippen LogP contribution in [0.2, 0.25) is 0 Å². The Bertz CT molecular complexity index is 2970. The van der Waals surface area contributed by atoms with Crippen LogP contribution in [0.15, 0.2) is 152 Å². The third-order valence-electron chi connectivity index (χ3n) is 10.2. The summed E-state index contributed by atoms with van der Waals surface area (Å²) in [6, 6.07) is 50.8. The minimum atomic E-state index is 0.216. The number of imidazole rings is 1. The molecule has 228 valence electrons. The third kappa shape index (κ3) is 3.48. The lowest BCUT2D eigenvalue weighted by atomic mass is 9.84. The van der Waals surface area contributed by atoms with E-state index in [2.05, 4.69) is 136 Å². The van der Waals surface area contributed by atoms with Crippen molar-refractivity contribution in [1.29, 1.82) is 0 Å². The first-order chi connectivity index (χ1) is 24.3. The SMILES string of the molecule is Oc1cccc2c3ccccc3n3c4c(nc3c12)-c1cc(-n2c3ccccc3c3cccnc32)ccc1-c1ccccc1-c1ccccc1-4. The van der Waals surface area contributed by atoms with E-state index in [0.29, 0.717) is 0 Å². The third-order valence-corrected chi connectivity index (χ3v) is 10.2. The summed E-state index contributed by atoms with van der Waals surface area (Å²) in [5.41, 5.74) is 13.3. The molecule has 1 aliphatic carbocycles. The first-order valence-electron chi connectivity index (χ1n) is 16.5. The molecule has 0 unspecified atom stereocenters. The number of phenols is 1. The molecular weight excluding hydrogens is 601 g/mol. The van der Waals surface area contributed by atoms with Crippen molar-refractivity contribution in [3.63, 3.8) is 0 Å². The Labute approximate surface area is 280 Å². The Hall–Kier alpha value is -6.72. The molecule has 1 aliphatic rings. The zero-order valence-electron chi connectivity index (χ0n) is 26.2. The van der Waals surface area contributed by atoms with Gasteiger partial charge < -0.3 is 5.11 Å². The molecule has 0 amide bonds. The molecule has 11 rings (SSSR count). The van der Waals surface area contributed by atoms with Gasteiger partial charge in [-0.3, -0.25) is 8.97 Å². The number of nitrogens with zero attached hydrogens (tertiary/aromatic N) is 4. The highest BCUT2D eigenvalue weighted by Gasteiger charge is 2.29. The van der Waals surface area contributed by atoms with E-state index in [-0.39, 0.29) is 5.75 Å². The predicted octanol–water partition coefficient (Wildman–Crippen LogP) is 10.8. The largest absolute Gasteiger partial charge is 0.507 e. The van der Waals surface area contributed by atoms with Crippen molar-refractivity contribution in [1.82, 2.24) is 18.9 Å². The molecule has 0 aliphatic heterocycles. The number of aromatic nitrogens is 4. The number of rotatable bonds is 1. The second kappa shape index (κ2) is 9.66. The molecule has 6 aromatic carbocycles. The number of para-hydroxylation sites is 2. The highest BCUT2D eigenvalue weighted by Crippen LogP contribution is 2.50. The Balaban J connectivity index is 1.36. The first-order valence-corrected chi connectivity index (χ1v) is 16.5. The second-order valence-electron chi connectivity index (χ2n) is 12.7. The number of hydrogen-bond donors (Lipinski definition) is 1. The fourth-order valence-electron chi connectivity index (χ4n) is 8.19. The second-order valence-corrected chi connectivity index (χ2v) is 12.7. The van der Waals surface area contributed by atoms with Gasteiger partial charge in [0.05, 0.1) is 27.8 Å². The van der Waals surface area contributed by atoms with Gasteiger partial charge in [-0.25, -0.2) is 9.97 Å². The molecule has 1 N–H and O–H groups in total. The lowest BCUT2D eigenvalue weighted by Gasteiger charge is -2.22. The van der Waals surface area contributed by atoms with Crippen LogP contribution in [0, 0.1) is 0 Å². The lowest BCUT2D eigenvalue weighted by Crippen LogP contribution is -2.01. The monoisotopic (exact) mass is 626 g/mol. The molecule has 4 aromatic heterocycles. The standard InChI is InChI=1S/C44H26N4O/c49-39-21-9-17-33-31-14-5-8-20-38(31)48-42-34-16-4-3-13-29(34)27-11-1-2-12-28(27)30-23-22-26(25-36(30)41(42)46-44(48)40(33)39)47-37-19-7-6-15-32(37)35-18-10-24-45-43(35)47/h1-25,49H. The van der Waals surface area contributed by atoms with Crippen LogP contribution in [-0.4, -0.2) is 24.0 Å². The van der Waals surface area contributed by atoms with Crippen LogP contribution in [-0.2, 0) is 0 Å². The smallest absolute Gasteiger partial charge is 0.150 e. The van der Waals surface area contributed by atoms with Crippen molar-refractivity contribution in [2.45, 2.75) is 0 Å². The summed E-state index contributed by atoms with van der Waals surface area (Å²) in [7, 11) is 0. The van der Waals surface area contributed by atoms with Gasteiger partial charge in [-0.2, -0.15) is 0 Å². The molecular formula is C44H26N4O. The molecule has 0 saturated heterocycles. The van der Waals surface area contributed by atoms with E-state index in [0.717, 1.165) is 88.8 Å². The predicted molar refractivity (Wildman–Crippen MR) is 199 cm³/mol. The highest BCUT2D eigenvalue weighted by atomic mass is 16.3. The van der Waals surface area contributed by atoms with E-state index in [1.165, 1.54) is 10.9 Å². The fourth-order valence-corrected chi connectivity index (χ4v) is 8.19. The van der Waals surface area contributed by atoms with Crippen LogP contribution in [0.1, 0.15) is 0 Å². The quantitative estimate of drug-likeness (QED) is 0.185. The van der Waals surface area contributed by atoms with Gasteiger partial charge in [0.15, 0.2) is 0 Å². The first kappa shape index (κ1) is 26.4. The van der Waals surface area contributed by atoms with Crippen molar-refractivity contribution in [2.75, 3.05) is 0 Å². The van der Waals surface area contributed by atoms with Gasteiger partial charge in [0.2, 0.25) is 0 Å². The van der Waals surface area contributed by atoms with Gasteiger partial charge in [0, 0.05) is 39.2 Å². The number of aromatic hydroxyl groups is 1. The number of benzene rings is 6. The van der Waals surface area contributed by atoms with Crippen molar-refractivity contribution in [3.8, 4) is 56.2 Å². The highest BCUT2D eigenvalue weighted by molar-refractivity contribution is 6.16. The Morgan fingerprint density at radius 1 is 0.469 bits per heavy atom. The maximum absolute atomic E-state index is 11.4. The average Bonchev–Trinajstić information content (AvgIpc) is 3.71. The molecule has 4 heterocycles. The number of hydrogen-bond acceptors (Lipinski definition) is 3. The summed E-state index contributed by atoms with van der Waals surface area (Å²) < 4.78 is 4.52. The van der Waals surface area contributed by atoms with E-state index in [4.69, 9.17) is 9.97 Å². The van der Waals surface area contributed by atoms with Crippen molar-refractivity contribution in [3.05, 3.63) is 152 Å². The van der Waals surface area contributed by atoms with E-state index < -0.39 is 0 Å². The summed E-state index contributed by atoms with van der Waals surface area (Å²) in [5.74, 6) is 0.216. The molecule has 0 spiro atoms. The molecule has 0 saturated carbocycles. The molecule has 0 radical (unpaired) electrons. The van der Waals surface area contributed by atoms with E-state index >= 15 is 0 Å². The fraction of sp³-hybridized carbons (Fsp3) is 0. The van der Waals surface area contributed by atoms with Crippen LogP contribution in [0.4, 0.5) is 0 Å². The average molecular weight is 627 g/mol. The summed E-state index contributed by atoms with van der Waals surface area (Å²) in [6.45, 7) is 0. The summed E-state index contributed by atoms with van der Waals surface area (Å²) in [4.78, 5) is 10.4. The summed E-state index contributed by atoms with van der Waals surface area (Å²) in [6.07, 6.45) is 1.86. The number of phenolic OH excluding ortho intramolecular Hbond substituents is 1. The van der Waals surface area contributed by atoms with Gasteiger partial charge in [-0.1, -0.05) is 103 Å². The molecule has 0 fully saturated rings.